The van der Waals surface area contributed by atoms with Crippen LogP contribution in [0.25, 0.3) is 22.2 Å². The van der Waals surface area contributed by atoms with Gasteiger partial charge in [0.2, 0.25) is 5.95 Å². The largest absolute Gasteiger partial charge is 0.388 e. The molecule has 1 aliphatic heterocycles. The molecule has 3 heterocycles. The van der Waals surface area contributed by atoms with Crippen molar-refractivity contribution < 1.29 is 14.9 Å². The van der Waals surface area contributed by atoms with Crippen molar-refractivity contribution in [1.29, 1.82) is 0 Å². The molecule has 152 valence electrons. The zero-order valence-corrected chi connectivity index (χ0v) is 16.6. The standard InChI is InChI=1S/C22H19ClN4O3/c23-14-6-8-15(9-7-14)25-22-24-10-16-17(13-4-2-1-3-5-13)11-27(20(16)26-22)21-19(29)18(28)12-30-21/h1-11,18-19,21,28-29H,12H2,(H,24,25,26)/t18-,19-,21-/m1/s1. The first kappa shape index (κ1) is 19.0. The van der Waals surface area contributed by atoms with Gasteiger partial charge in [-0.3, -0.25) is 0 Å². The molecule has 7 nitrogen and oxygen atoms in total. The van der Waals surface area contributed by atoms with Crippen LogP contribution in [-0.2, 0) is 4.74 Å². The van der Waals surface area contributed by atoms with Crippen molar-refractivity contribution in [2.24, 2.45) is 0 Å². The fourth-order valence-corrected chi connectivity index (χ4v) is 3.75. The fourth-order valence-electron chi connectivity index (χ4n) is 3.62. The molecule has 0 aliphatic carbocycles. The lowest BCUT2D eigenvalue weighted by Gasteiger charge is -2.17. The number of hydrogen-bond donors (Lipinski definition) is 3. The van der Waals surface area contributed by atoms with Gasteiger partial charge in [0, 0.05) is 34.1 Å². The van der Waals surface area contributed by atoms with Crippen molar-refractivity contribution in [2.75, 3.05) is 11.9 Å². The average molecular weight is 423 g/mol. The number of benzene rings is 2. The number of aliphatic hydroxyl groups excluding tert-OH is 2. The SMILES string of the molecule is O[C@@H]1[C@H](O)CO[C@H]1n1cc(-c2ccccc2)c2cnc(Nc3ccc(Cl)cc3)nc21. The summed E-state index contributed by atoms with van der Waals surface area (Å²) >= 11 is 5.95. The molecular weight excluding hydrogens is 404 g/mol. The first-order valence-corrected chi connectivity index (χ1v) is 9.91. The van der Waals surface area contributed by atoms with Crippen molar-refractivity contribution >= 4 is 34.3 Å². The molecule has 4 aromatic rings. The van der Waals surface area contributed by atoms with Crippen LogP contribution in [0.5, 0.6) is 0 Å². The number of ether oxygens (including phenoxy) is 1. The van der Waals surface area contributed by atoms with E-state index in [1.807, 2.05) is 48.7 Å². The molecule has 8 heteroatoms. The second-order valence-electron chi connectivity index (χ2n) is 7.16. The van der Waals surface area contributed by atoms with Crippen LogP contribution in [0.1, 0.15) is 6.23 Å². The third kappa shape index (κ3) is 3.42. The molecule has 0 unspecified atom stereocenters. The van der Waals surface area contributed by atoms with Crippen molar-refractivity contribution in [1.82, 2.24) is 14.5 Å². The zero-order valence-electron chi connectivity index (χ0n) is 15.8. The Balaban J connectivity index is 1.61. The highest BCUT2D eigenvalue weighted by Crippen LogP contribution is 2.35. The van der Waals surface area contributed by atoms with Gasteiger partial charge in [0.1, 0.15) is 17.9 Å². The van der Waals surface area contributed by atoms with Crippen molar-refractivity contribution in [3.63, 3.8) is 0 Å². The number of rotatable bonds is 4. The minimum Gasteiger partial charge on any atom is -0.388 e. The molecule has 0 amide bonds. The summed E-state index contributed by atoms with van der Waals surface area (Å²) in [6.07, 6.45) is 0.898. The minimum absolute atomic E-state index is 0.0626. The third-order valence-electron chi connectivity index (χ3n) is 5.16. The molecule has 1 aliphatic rings. The molecule has 3 N–H and O–H groups in total. The number of aliphatic hydroxyl groups is 2. The van der Waals surface area contributed by atoms with Gasteiger partial charge < -0.3 is 24.8 Å². The van der Waals surface area contributed by atoms with E-state index in [0.29, 0.717) is 16.6 Å². The highest BCUT2D eigenvalue weighted by Gasteiger charge is 2.37. The van der Waals surface area contributed by atoms with Crippen LogP contribution in [0.4, 0.5) is 11.6 Å². The van der Waals surface area contributed by atoms with E-state index in [1.165, 1.54) is 0 Å². The molecule has 2 aromatic carbocycles. The second-order valence-corrected chi connectivity index (χ2v) is 7.60. The van der Waals surface area contributed by atoms with Gasteiger partial charge >= 0.3 is 0 Å². The number of fused-ring (bicyclic) bond motifs is 1. The Hall–Kier alpha value is -2.97. The van der Waals surface area contributed by atoms with E-state index < -0.39 is 18.4 Å². The molecule has 0 saturated carbocycles. The van der Waals surface area contributed by atoms with Gasteiger partial charge in [0.15, 0.2) is 6.23 Å². The molecule has 0 spiro atoms. The normalized spacial score (nSPS) is 21.2. The molecular formula is C22H19ClN4O3. The quantitative estimate of drug-likeness (QED) is 0.464. The average Bonchev–Trinajstić information content (AvgIpc) is 3.30. The van der Waals surface area contributed by atoms with E-state index in [-0.39, 0.29) is 6.61 Å². The molecule has 1 fully saturated rings. The smallest absolute Gasteiger partial charge is 0.229 e. The number of hydrogen-bond acceptors (Lipinski definition) is 6. The first-order chi connectivity index (χ1) is 14.6. The maximum atomic E-state index is 10.4. The minimum atomic E-state index is -1.05. The van der Waals surface area contributed by atoms with E-state index in [0.717, 1.165) is 22.2 Å². The van der Waals surface area contributed by atoms with Crippen LogP contribution >= 0.6 is 11.6 Å². The van der Waals surface area contributed by atoms with Crippen LogP contribution in [0, 0.1) is 0 Å². The predicted octanol–water partition coefficient (Wildman–Crippen LogP) is 3.75. The number of anilines is 2. The van der Waals surface area contributed by atoms with Gasteiger partial charge in [-0.25, -0.2) is 4.98 Å². The van der Waals surface area contributed by atoms with Crippen LogP contribution < -0.4 is 5.32 Å². The lowest BCUT2D eigenvalue weighted by Crippen LogP contribution is -2.28. The van der Waals surface area contributed by atoms with Gasteiger partial charge in [-0.15, -0.1) is 0 Å². The van der Waals surface area contributed by atoms with Gasteiger partial charge in [-0.05, 0) is 29.8 Å². The van der Waals surface area contributed by atoms with E-state index >= 15 is 0 Å². The maximum Gasteiger partial charge on any atom is 0.229 e. The molecule has 0 bridgehead atoms. The van der Waals surface area contributed by atoms with Gasteiger partial charge in [0.25, 0.3) is 0 Å². The number of aromatic nitrogens is 3. The lowest BCUT2D eigenvalue weighted by atomic mass is 10.1. The topological polar surface area (TPSA) is 92.4 Å². The fraction of sp³-hybridized carbons (Fsp3) is 0.182. The molecule has 3 atom stereocenters. The Labute approximate surface area is 177 Å². The van der Waals surface area contributed by atoms with Crippen LogP contribution in [0.3, 0.4) is 0 Å². The number of nitrogens with one attached hydrogen (secondary N) is 1. The van der Waals surface area contributed by atoms with Gasteiger partial charge in [-0.2, -0.15) is 4.98 Å². The summed E-state index contributed by atoms with van der Waals surface area (Å²) in [7, 11) is 0. The third-order valence-corrected chi connectivity index (χ3v) is 5.41. The maximum absolute atomic E-state index is 10.4. The Kier molecular flexibility index (Phi) is 4.88. The van der Waals surface area contributed by atoms with E-state index in [4.69, 9.17) is 16.3 Å². The Morgan fingerprint density at radius 1 is 1.07 bits per heavy atom. The summed E-state index contributed by atoms with van der Waals surface area (Å²) in [5.41, 5.74) is 3.31. The Bertz CT molecular complexity index is 1180. The Morgan fingerprint density at radius 2 is 1.83 bits per heavy atom. The summed E-state index contributed by atoms with van der Waals surface area (Å²) in [6.45, 7) is 0.0626. The molecule has 2 aromatic heterocycles. The summed E-state index contributed by atoms with van der Waals surface area (Å²) in [4.78, 5) is 9.14. The molecule has 5 rings (SSSR count). The summed E-state index contributed by atoms with van der Waals surface area (Å²) in [6, 6.07) is 17.1. The predicted molar refractivity (Wildman–Crippen MR) is 115 cm³/mol. The van der Waals surface area contributed by atoms with Crippen molar-refractivity contribution in [3.05, 3.63) is 72.0 Å². The Morgan fingerprint density at radius 3 is 2.53 bits per heavy atom. The lowest BCUT2D eigenvalue weighted by molar-refractivity contribution is -0.0159. The molecule has 0 radical (unpaired) electrons. The van der Waals surface area contributed by atoms with Crippen LogP contribution in [0.2, 0.25) is 5.02 Å². The van der Waals surface area contributed by atoms with E-state index in [2.05, 4.69) is 15.3 Å². The summed E-state index contributed by atoms with van der Waals surface area (Å²) < 4.78 is 7.42. The highest BCUT2D eigenvalue weighted by molar-refractivity contribution is 6.30. The summed E-state index contributed by atoms with van der Waals surface area (Å²) in [5, 5.41) is 25.0. The van der Waals surface area contributed by atoms with Crippen molar-refractivity contribution in [3.8, 4) is 11.1 Å². The zero-order chi connectivity index (χ0) is 20.7. The van der Waals surface area contributed by atoms with Crippen LogP contribution in [0.15, 0.2) is 67.0 Å². The van der Waals surface area contributed by atoms with Gasteiger partial charge in [0.05, 0.1) is 6.61 Å². The first-order valence-electron chi connectivity index (χ1n) is 9.53. The monoisotopic (exact) mass is 422 g/mol. The van der Waals surface area contributed by atoms with Crippen LogP contribution in [-0.4, -0.2) is 43.6 Å². The van der Waals surface area contributed by atoms with E-state index in [1.54, 1.807) is 22.9 Å². The van der Waals surface area contributed by atoms with Crippen molar-refractivity contribution in [2.45, 2.75) is 18.4 Å². The number of halogens is 1. The van der Waals surface area contributed by atoms with E-state index in [9.17, 15) is 10.2 Å². The second kappa shape index (κ2) is 7.70. The molecule has 30 heavy (non-hydrogen) atoms. The number of nitrogens with zero attached hydrogens (tertiary/aromatic N) is 3. The highest BCUT2D eigenvalue weighted by atomic mass is 35.5. The molecule has 1 saturated heterocycles. The summed E-state index contributed by atoms with van der Waals surface area (Å²) in [5.74, 6) is 0.400. The van der Waals surface area contributed by atoms with Gasteiger partial charge in [-0.1, -0.05) is 41.9 Å².